The second-order valence-corrected chi connectivity index (χ2v) is 8.16. The summed E-state index contributed by atoms with van der Waals surface area (Å²) >= 11 is 1.47. The Hall–Kier alpha value is -2.86. The lowest BCUT2D eigenvalue weighted by molar-refractivity contribution is -0.141. The molecule has 1 saturated heterocycles. The predicted molar refractivity (Wildman–Crippen MR) is 114 cm³/mol. The van der Waals surface area contributed by atoms with E-state index in [-0.39, 0.29) is 17.8 Å². The number of esters is 1. The second-order valence-electron chi connectivity index (χ2n) is 6.99. The third kappa shape index (κ3) is 3.72. The number of benzene rings is 2. The summed E-state index contributed by atoms with van der Waals surface area (Å²) in [4.78, 5) is 32.4. The van der Waals surface area contributed by atoms with Gasteiger partial charge in [-0.2, -0.15) is 0 Å². The van der Waals surface area contributed by atoms with Crippen LogP contribution in [0.1, 0.15) is 37.4 Å². The van der Waals surface area contributed by atoms with E-state index in [0.717, 1.165) is 11.1 Å². The Balaban J connectivity index is 1.69. The smallest absolute Gasteiger partial charge is 0.338 e. The van der Waals surface area contributed by atoms with Gasteiger partial charge in [-0.25, -0.2) is 9.79 Å². The maximum Gasteiger partial charge on any atom is 0.338 e. The molecule has 2 atom stereocenters. The number of ether oxygens (including phenoxy) is 1. The van der Waals surface area contributed by atoms with Gasteiger partial charge in [-0.3, -0.25) is 9.69 Å². The molecule has 2 aliphatic heterocycles. The highest BCUT2D eigenvalue weighted by Gasteiger charge is 2.47. The molecule has 148 valence electrons. The predicted octanol–water partition coefficient (Wildman–Crippen LogP) is 4.47. The van der Waals surface area contributed by atoms with Crippen LogP contribution in [0.15, 0.2) is 76.9 Å². The molecule has 0 aliphatic carbocycles. The van der Waals surface area contributed by atoms with Gasteiger partial charge in [0.15, 0.2) is 5.17 Å². The fourth-order valence-electron chi connectivity index (χ4n) is 3.60. The van der Waals surface area contributed by atoms with Gasteiger partial charge in [-0.05, 0) is 24.5 Å². The lowest BCUT2D eigenvalue weighted by atomic mass is 9.94. The molecule has 0 aromatic heterocycles. The summed E-state index contributed by atoms with van der Waals surface area (Å²) in [5.74, 6) is -0.452. The highest BCUT2D eigenvalue weighted by atomic mass is 32.2. The largest absolute Gasteiger partial charge is 0.457 e. The van der Waals surface area contributed by atoms with Crippen LogP contribution in [0.2, 0.25) is 0 Å². The average Bonchev–Trinajstić information content (AvgIpc) is 3.07. The lowest BCUT2D eigenvalue weighted by Gasteiger charge is -2.33. The number of fused-ring (bicyclic) bond motifs is 1. The van der Waals surface area contributed by atoms with Crippen molar-refractivity contribution in [2.24, 2.45) is 4.99 Å². The van der Waals surface area contributed by atoms with Gasteiger partial charge >= 0.3 is 5.97 Å². The highest BCUT2D eigenvalue weighted by molar-refractivity contribution is 8.15. The number of amidine groups is 1. The molecule has 6 heteroatoms. The fourth-order valence-corrected chi connectivity index (χ4v) is 4.74. The molecule has 2 aromatic carbocycles. The number of carbonyl (C=O) groups is 2. The Bertz CT molecular complexity index is 986. The fraction of sp³-hybridized carbons (Fsp3) is 0.261. The Morgan fingerprint density at radius 1 is 1.10 bits per heavy atom. The van der Waals surface area contributed by atoms with Gasteiger partial charge in [-0.15, -0.1) is 0 Å². The van der Waals surface area contributed by atoms with Crippen LogP contribution >= 0.6 is 11.8 Å². The van der Waals surface area contributed by atoms with Gasteiger partial charge in [0.05, 0.1) is 22.6 Å². The maximum atomic E-state index is 13.1. The van der Waals surface area contributed by atoms with Crippen LogP contribution in [-0.2, 0) is 20.9 Å². The number of hydrogen-bond donors (Lipinski definition) is 0. The zero-order valence-corrected chi connectivity index (χ0v) is 17.2. The summed E-state index contributed by atoms with van der Waals surface area (Å²) < 4.78 is 5.62. The number of allylic oxidation sites excluding steroid dienone is 1. The van der Waals surface area contributed by atoms with Gasteiger partial charge in [0.1, 0.15) is 6.61 Å². The Kier molecular flexibility index (Phi) is 5.53. The molecule has 0 saturated carbocycles. The number of carbonyl (C=O) groups excluding carboxylic acids is 2. The molecule has 2 heterocycles. The van der Waals surface area contributed by atoms with Crippen LogP contribution in [0.5, 0.6) is 0 Å². The lowest BCUT2D eigenvalue weighted by Crippen LogP contribution is -2.40. The van der Waals surface area contributed by atoms with Crippen LogP contribution < -0.4 is 0 Å². The van der Waals surface area contributed by atoms with Crippen molar-refractivity contribution < 1.29 is 14.3 Å². The molecular formula is C23H22N2O3S. The van der Waals surface area contributed by atoms with Crippen molar-refractivity contribution in [3.05, 3.63) is 83.1 Å². The second kappa shape index (κ2) is 8.25. The first-order chi connectivity index (χ1) is 14.1. The minimum Gasteiger partial charge on any atom is -0.457 e. The monoisotopic (exact) mass is 406 g/mol. The van der Waals surface area contributed by atoms with Crippen molar-refractivity contribution in [2.75, 3.05) is 0 Å². The summed E-state index contributed by atoms with van der Waals surface area (Å²) in [5, 5.41) is 0.486. The van der Waals surface area contributed by atoms with Crippen molar-refractivity contribution in [1.82, 2.24) is 4.90 Å². The Morgan fingerprint density at radius 3 is 2.41 bits per heavy atom. The average molecular weight is 407 g/mol. The molecule has 4 rings (SSSR count). The number of rotatable bonds is 5. The van der Waals surface area contributed by atoms with Crippen LogP contribution in [0, 0.1) is 0 Å². The molecule has 0 bridgehead atoms. The van der Waals surface area contributed by atoms with E-state index in [1.54, 1.807) is 4.90 Å². The van der Waals surface area contributed by atoms with E-state index in [0.29, 0.717) is 22.9 Å². The Morgan fingerprint density at radius 2 is 1.76 bits per heavy atom. The zero-order chi connectivity index (χ0) is 20.4. The van der Waals surface area contributed by atoms with E-state index in [1.807, 2.05) is 74.5 Å². The summed E-state index contributed by atoms with van der Waals surface area (Å²) in [6.45, 7) is 3.97. The molecule has 0 N–H and O–H groups in total. The molecule has 1 amide bonds. The van der Waals surface area contributed by atoms with Crippen molar-refractivity contribution in [3.8, 4) is 0 Å². The first-order valence-electron chi connectivity index (χ1n) is 9.65. The third-order valence-corrected chi connectivity index (χ3v) is 6.39. The molecular weight excluding hydrogens is 384 g/mol. The van der Waals surface area contributed by atoms with Crippen LogP contribution in [-0.4, -0.2) is 27.2 Å². The number of aliphatic imine (C=N–C) groups is 1. The van der Waals surface area contributed by atoms with Gasteiger partial charge in [0, 0.05) is 0 Å². The minimum atomic E-state index is -0.525. The molecule has 0 unspecified atom stereocenters. The molecule has 29 heavy (non-hydrogen) atoms. The first kappa shape index (κ1) is 19.5. The number of thioether (sulfide) groups is 1. The van der Waals surface area contributed by atoms with E-state index in [9.17, 15) is 9.59 Å². The first-order valence-corrected chi connectivity index (χ1v) is 10.5. The van der Waals surface area contributed by atoms with Crippen molar-refractivity contribution in [1.29, 1.82) is 0 Å². The van der Waals surface area contributed by atoms with Crippen molar-refractivity contribution >= 4 is 28.8 Å². The van der Waals surface area contributed by atoms with Gasteiger partial charge in [0.25, 0.3) is 0 Å². The van der Waals surface area contributed by atoms with E-state index in [1.165, 1.54) is 11.8 Å². The highest BCUT2D eigenvalue weighted by Crippen LogP contribution is 2.43. The van der Waals surface area contributed by atoms with E-state index < -0.39 is 12.0 Å². The van der Waals surface area contributed by atoms with E-state index in [4.69, 9.17) is 4.74 Å². The van der Waals surface area contributed by atoms with Crippen LogP contribution in [0.25, 0.3) is 0 Å². The minimum absolute atomic E-state index is 0.00837. The normalized spacial score (nSPS) is 21.1. The zero-order valence-electron chi connectivity index (χ0n) is 16.4. The summed E-state index contributed by atoms with van der Waals surface area (Å²) in [5.41, 5.74) is 2.80. The molecule has 2 aromatic rings. The molecule has 0 spiro atoms. The van der Waals surface area contributed by atoms with Crippen LogP contribution in [0.3, 0.4) is 0 Å². The summed E-state index contributed by atoms with van der Waals surface area (Å²) in [7, 11) is 0. The molecule has 5 nitrogen and oxygen atoms in total. The van der Waals surface area contributed by atoms with Gasteiger partial charge < -0.3 is 4.74 Å². The quantitative estimate of drug-likeness (QED) is 0.688. The molecule has 2 aliphatic rings. The van der Waals surface area contributed by atoms with E-state index >= 15 is 0 Å². The van der Waals surface area contributed by atoms with Gasteiger partial charge in [-0.1, -0.05) is 79.3 Å². The van der Waals surface area contributed by atoms with Gasteiger partial charge in [0.2, 0.25) is 5.91 Å². The van der Waals surface area contributed by atoms with Crippen molar-refractivity contribution in [3.63, 3.8) is 0 Å². The maximum absolute atomic E-state index is 13.1. The summed E-state index contributed by atoms with van der Waals surface area (Å²) in [6.07, 6.45) is 0.716. The number of amides is 1. The Labute approximate surface area is 174 Å². The van der Waals surface area contributed by atoms with Crippen LogP contribution in [0.4, 0.5) is 0 Å². The van der Waals surface area contributed by atoms with Crippen molar-refractivity contribution in [2.45, 2.75) is 38.2 Å². The number of hydrogen-bond acceptors (Lipinski definition) is 5. The standard InChI is InChI=1S/C23H22N2O3S/c1-3-18-21(26)25-20(17-12-8-5-9-13-17)19(15(2)24-23(25)29-18)22(27)28-14-16-10-6-4-7-11-16/h4-13,18,20H,3,14H2,1-2H3/t18-,20+/m0/s1. The topological polar surface area (TPSA) is 59.0 Å². The molecule has 1 fully saturated rings. The number of nitrogens with zero attached hydrogens (tertiary/aromatic N) is 2. The third-order valence-electron chi connectivity index (χ3n) is 5.07. The molecule has 0 radical (unpaired) electrons. The van der Waals surface area contributed by atoms with E-state index in [2.05, 4.69) is 4.99 Å². The summed E-state index contributed by atoms with van der Waals surface area (Å²) in [6, 6.07) is 18.6. The SMILES string of the molecule is CC[C@@H]1SC2=NC(C)=C(C(=O)OCc3ccccc3)[C@@H](c3ccccc3)N2C1=O.